The molecule has 0 spiro atoms. The Balaban J connectivity index is 1.82. The molecule has 1 amide bonds. The van der Waals surface area contributed by atoms with Gasteiger partial charge in [-0.1, -0.05) is 0 Å². The van der Waals surface area contributed by atoms with E-state index < -0.39 is 6.09 Å². The van der Waals surface area contributed by atoms with Crippen molar-refractivity contribution in [2.24, 2.45) is 0 Å². The molecule has 1 aromatic rings. The molecule has 2 rings (SSSR count). The average molecular weight is 265 g/mol. The van der Waals surface area contributed by atoms with E-state index in [1.807, 2.05) is 12.1 Å². The number of hydrogen-bond acceptors (Lipinski definition) is 4. The Morgan fingerprint density at radius 2 is 1.95 bits per heavy atom. The second-order valence-corrected chi connectivity index (χ2v) is 4.53. The van der Waals surface area contributed by atoms with Crippen LogP contribution in [0.15, 0.2) is 24.3 Å². The predicted molar refractivity (Wildman–Crippen MR) is 71.4 cm³/mol. The van der Waals surface area contributed by atoms with Crippen LogP contribution in [0.1, 0.15) is 25.7 Å². The van der Waals surface area contributed by atoms with Crippen molar-refractivity contribution >= 4 is 11.8 Å². The average Bonchev–Trinajstić information content (AvgIpc) is 2.91. The fraction of sp³-hybridized carbons (Fsp3) is 0.500. The van der Waals surface area contributed by atoms with Crippen molar-refractivity contribution in [1.29, 1.82) is 0 Å². The van der Waals surface area contributed by atoms with Gasteiger partial charge in [0.2, 0.25) is 0 Å². The minimum absolute atomic E-state index is 0.00525. The molecule has 0 bridgehead atoms. The Kier molecular flexibility index (Phi) is 5.03. The van der Waals surface area contributed by atoms with Crippen LogP contribution in [0.5, 0.6) is 5.75 Å². The quantitative estimate of drug-likeness (QED) is 0.858. The molecular formula is C14H19NO4. The van der Waals surface area contributed by atoms with E-state index >= 15 is 0 Å². The highest BCUT2D eigenvalue weighted by Gasteiger charge is 2.16. The van der Waals surface area contributed by atoms with Gasteiger partial charge in [0.15, 0.2) is 0 Å². The molecule has 0 aliphatic heterocycles. The van der Waals surface area contributed by atoms with Gasteiger partial charge in [0.05, 0.1) is 12.7 Å². The standard InChI is InChI=1S/C14H19NO4/c16-9-10-18-14(17)15-11-5-7-13(8-6-11)19-12-3-1-2-4-12/h5-8,12,16H,1-4,9-10H2,(H,15,17). The molecule has 2 N–H and O–H groups in total. The third-order valence-electron chi connectivity index (χ3n) is 3.03. The maximum absolute atomic E-state index is 11.3. The fourth-order valence-corrected chi connectivity index (χ4v) is 2.11. The molecule has 1 saturated carbocycles. The summed E-state index contributed by atoms with van der Waals surface area (Å²) in [7, 11) is 0. The highest BCUT2D eigenvalue weighted by molar-refractivity contribution is 5.84. The van der Waals surface area contributed by atoms with Crippen LogP contribution in [0.2, 0.25) is 0 Å². The SMILES string of the molecule is O=C(Nc1ccc(OC2CCCC2)cc1)OCCO. The Morgan fingerprint density at radius 1 is 1.26 bits per heavy atom. The van der Waals surface area contributed by atoms with Gasteiger partial charge in [0.25, 0.3) is 0 Å². The maximum Gasteiger partial charge on any atom is 0.411 e. The first-order valence-corrected chi connectivity index (χ1v) is 6.59. The lowest BCUT2D eigenvalue weighted by Crippen LogP contribution is -2.15. The topological polar surface area (TPSA) is 67.8 Å². The molecule has 0 atom stereocenters. The number of amides is 1. The Morgan fingerprint density at radius 3 is 2.58 bits per heavy atom. The van der Waals surface area contributed by atoms with Crippen molar-refractivity contribution in [3.8, 4) is 5.75 Å². The van der Waals surface area contributed by atoms with E-state index in [1.54, 1.807) is 12.1 Å². The van der Waals surface area contributed by atoms with Gasteiger partial charge in [-0.05, 0) is 49.9 Å². The summed E-state index contributed by atoms with van der Waals surface area (Å²) in [6.45, 7) is -0.184. The molecule has 0 aromatic heterocycles. The zero-order valence-corrected chi connectivity index (χ0v) is 10.8. The zero-order chi connectivity index (χ0) is 13.5. The van der Waals surface area contributed by atoms with Crippen molar-refractivity contribution in [2.45, 2.75) is 31.8 Å². The molecular weight excluding hydrogens is 246 g/mol. The van der Waals surface area contributed by atoms with E-state index in [1.165, 1.54) is 12.8 Å². The molecule has 0 unspecified atom stereocenters. The summed E-state index contributed by atoms with van der Waals surface area (Å²) in [5, 5.41) is 11.1. The summed E-state index contributed by atoms with van der Waals surface area (Å²) in [5.41, 5.74) is 0.640. The monoisotopic (exact) mass is 265 g/mol. The van der Waals surface area contributed by atoms with Gasteiger partial charge >= 0.3 is 6.09 Å². The van der Waals surface area contributed by atoms with Gasteiger partial charge in [-0.2, -0.15) is 0 Å². The van der Waals surface area contributed by atoms with Gasteiger partial charge < -0.3 is 14.6 Å². The number of aliphatic hydroxyl groups excluding tert-OH is 1. The summed E-state index contributed by atoms with van der Waals surface area (Å²) in [4.78, 5) is 11.3. The fourth-order valence-electron chi connectivity index (χ4n) is 2.11. The van der Waals surface area contributed by atoms with Crippen molar-refractivity contribution < 1.29 is 19.4 Å². The number of benzene rings is 1. The first-order valence-electron chi connectivity index (χ1n) is 6.59. The number of carbonyl (C=O) groups excluding carboxylic acids is 1. The minimum atomic E-state index is -0.571. The molecule has 1 fully saturated rings. The van der Waals surface area contributed by atoms with E-state index in [4.69, 9.17) is 14.6 Å². The van der Waals surface area contributed by atoms with Crippen molar-refractivity contribution in [3.05, 3.63) is 24.3 Å². The zero-order valence-electron chi connectivity index (χ0n) is 10.8. The molecule has 0 radical (unpaired) electrons. The van der Waals surface area contributed by atoms with E-state index in [0.29, 0.717) is 11.8 Å². The van der Waals surface area contributed by atoms with Gasteiger partial charge in [0.1, 0.15) is 12.4 Å². The van der Waals surface area contributed by atoms with E-state index in [2.05, 4.69) is 5.32 Å². The van der Waals surface area contributed by atoms with Crippen LogP contribution in [0.4, 0.5) is 10.5 Å². The molecule has 1 aliphatic carbocycles. The molecule has 0 saturated heterocycles. The van der Waals surface area contributed by atoms with Crippen LogP contribution in [-0.2, 0) is 4.74 Å². The highest BCUT2D eigenvalue weighted by atomic mass is 16.6. The predicted octanol–water partition coefficient (Wildman–Crippen LogP) is 2.55. The summed E-state index contributed by atoms with van der Waals surface area (Å²) < 4.78 is 10.5. The largest absolute Gasteiger partial charge is 0.490 e. The third-order valence-corrected chi connectivity index (χ3v) is 3.03. The summed E-state index contributed by atoms with van der Waals surface area (Å²) in [6.07, 6.45) is 4.47. The molecule has 5 nitrogen and oxygen atoms in total. The van der Waals surface area contributed by atoms with Crippen LogP contribution in [0.3, 0.4) is 0 Å². The number of aliphatic hydroxyl groups is 1. The van der Waals surface area contributed by atoms with Crippen LogP contribution in [-0.4, -0.2) is 30.5 Å². The number of nitrogens with one attached hydrogen (secondary N) is 1. The van der Waals surface area contributed by atoms with Gasteiger partial charge in [-0.3, -0.25) is 5.32 Å². The van der Waals surface area contributed by atoms with Crippen molar-refractivity contribution in [2.75, 3.05) is 18.5 Å². The third kappa shape index (κ3) is 4.44. The van der Waals surface area contributed by atoms with Gasteiger partial charge in [0, 0.05) is 5.69 Å². The Hall–Kier alpha value is -1.75. The Bertz CT molecular complexity index is 398. The van der Waals surface area contributed by atoms with E-state index in [9.17, 15) is 4.79 Å². The number of anilines is 1. The molecule has 1 aliphatic rings. The number of carbonyl (C=O) groups is 1. The second-order valence-electron chi connectivity index (χ2n) is 4.53. The number of hydrogen-bond donors (Lipinski definition) is 2. The molecule has 104 valence electrons. The van der Waals surface area contributed by atoms with E-state index in [-0.39, 0.29) is 13.2 Å². The van der Waals surface area contributed by atoms with Gasteiger partial charge in [-0.15, -0.1) is 0 Å². The first-order chi connectivity index (χ1) is 9.28. The van der Waals surface area contributed by atoms with E-state index in [0.717, 1.165) is 18.6 Å². The lowest BCUT2D eigenvalue weighted by molar-refractivity contribution is 0.131. The summed E-state index contributed by atoms with van der Waals surface area (Å²) >= 11 is 0. The van der Waals surface area contributed by atoms with Crippen LogP contribution in [0, 0.1) is 0 Å². The molecule has 1 aromatic carbocycles. The second kappa shape index (κ2) is 6.99. The number of ether oxygens (including phenoxy) is 2. The van der Waals surface area contributed by atoms with Crippen molar-refractivity contribution in [1.82, 2.24) is 0 Å². The molecule has 0 heterocycles. The highest BCUT2D eigenvalue weighted by Crippen LogP contribution is 2.24. The molecule has 5 heteroatoms. The van der Waals surface area contributed by atoms with Crippen molar-refractivity contribution in [3.63, 3.8) is 0 Å². The smallest absolute Gasteiger partial charge is 0.411 e. The van der Waals surface area contributed by atoms with Crippen LogP contribution in [0.25, 0.3) is 0 Å². The maximum atomic E-state index is 11.3. The van der Waals surface area contributed by atoms with Crippen LogP contribution < -0.4 is 10.1 Å². The summed E-state index contributed by atoms with van der Waals surface area (Å²) in [6, 6.07) is 7.20. The lowest BCUT2D eigenvalue weighted by Gasteiger charge is -2.13. The minimum Gasteiger partial charge on any atom is -0.490 e. The summed E-state index contributed by atoms with van der Waals surface area (Å²) in [5.74, 6) is 0.821. The first kappa shape index (κ1) is 13.7. The van der Waals surface area contributed by atoms with Gasteiger partial charge in [-0.25, -0.2) is 4.79 Å². The molecule has 19 heavy (non-hydrogen) atoms. The lowest BCUT2D eigenvalue weighted by atomic mass is 10.3. The number of rotatable bonds is 5. The normalized spacial score (nSPS) is 15.2. The van der Waals surface area contributed by atoms with Crippen LogP contribution >= 0.6 is 0 Å². The Labute approximate surface area is 112 Å².